The van der Waals surface area contributed by atoms with E-state index in [0.717, 1.165) is 25.3 Å². The number of aliphatic imine (C=N–C) groups is 1. The Labute approximate surface area is 85.7 Å². The molecule has 0 amide bonds. The molecule has 1 aliphatic heterocycles. The summed E-state index contributed by atoms with van der Waals surface area (Å²) in [6, 6.07) is 0.398. The van der Waals surface area contributed by atoms with Crippen LogP contribution in [0.1, 0.15) is 33.1 Å². The Morgan fingerprint density at radius 1 is 1.50 bits per heavy atom. The summed E-state index contributed by atoms with van der Waals surface area (Å²) >= 11 is 0. The maximum absolute atomic E-state index is 5.83. The minimum atomic E-state index is 0.357. The van der Waals surface area contributed by atoms with Crippen molar-refractivity contribution in [3.8, 4) is 0 Å². The standard InChI is InChI=1S/C11H20N2O/c1-7(2)11-13-9-5-8(6-12)3-4-10(9)14-11/h7-10H,3-6,12H2,1-2H3. The van der Waals surface area contributed by atoms with Crippen LogP contribution >= 0.6 is 0 Å². The molecule has 80 valence electrons. The average molecular weight is 196 g/mol. The maximum Gasteiger partial charge on any atom is 0.186 e. The van der Waals surface area contributed by atoms with Crippen molar-refractivity contribution in [2.45, 2.75) is 45.3 Å². The van der Waals surface area contributed by atoms with Crippen molar-refractivity contribution in [1.29, 1.82) is 0 Å². The van der Waals surface area contributed by atoms with Crippen LogP contribution in [0.5, 0.6) is 0 Å². The van der Waals surface area contributed by atoms with Crippen LogP contribution in [0.15, 0.2) is 4.99 Å². The maximum atomic E-state index is 5.83. The molecule has 0 radical (unpaired) electrons. The highest BCUT2D eigenvalue weighted by atomic mass is 16.5. The molecule has 0 bridgehead atoms. The fourth-order valence-electron chi connectivity index (χ4n) is 2.33. The Balaban J connectivity index is 2.00. The van der Waals surface area contributed by atoms with E-state index in [1.807, 2.05) is 0 Å². The number of nitrogens with zero attached hydrogens (tertiary/aromatic N) is 1. The monoisotopic (exact) mass is 196 g/mol. The van der Waals surface area contributed by atoms with Gasteiger partial charge in [0.05, 0.1) is 6.04 Å². The molecule has 1 heterocycles. The summed E-state index contributed by atoms with van der Waals surface area (Å²) in [5.74, 6) is 2.05. The lowest BCUT2D eigenvalue weighted by Crippen LogP contribution is -2.33. The summed E-state index contributed by atoms with van der Waals surface area (Å²) in [4.78, 5) is 4.65. The summed E-state index contributed by atoms with van der Waals surface area (Å²) < 4.78 is 5.83. The van der Waals surface area contributed by atoms with Crippen LogP contribution in [-0.4, -0.2) is 24.6 Å². The molecule has 0 aromatic rings. The van der Waals surface area contributed by atoms with E-state index in [0.29, 0.717) is 24.0 Å². The molecule has 0 saturated heterocycles. The first kappa shape index (κ1) is 9.97. The SMILES string of the molecule is CC(C)C1=NC2CC(CN)CCC2O1. The van der Waals surface area contributed by atoms with Crippen LogP contribution in [0.3, 0.4) is 0 Å². The van der Waals surface area contributed by atoms with Crippen molar-refractivity contribution >= 4 is 5.90 Å². The number of fused-ring (bicyclic) bond motifs is 1. The van der Waals surface area contributed by atoms with Gasteiger partial charge >= 0.3 is 0 Å². The lowest BCUT2D eigenvalue weighted by Gasteiger charge is -2.28. The molecule has 0 spiro atoms. The highest BCUT2D eigenvalue weighted by Gasteiger charge is 2.36. The van der Waals surface area contributed by atoms with Gasteiger partial charge in [-0.3, -0.25) is 0 Å². The van der Waals surface area contributed by atoms with Gasteiger partial charge in [0.2, 0.25) is 0 Å². The molecule has 3 unspecified atom stereocenters. The highest BCUT2D eigenvalue weighted by molar-refractivity contribution is 5.80. The molecule has 0 aromatic carbocycles. The first-order valence-corrected chi connectivity index (χ1v) is 5.65. The van der Waals surface area contributed by atoms with Crippen LogP contribution in [0.2, 0.25) is 0 Å². The van der Waals surface area contributed by atoms with Crippen LogP contribution in [0.4, 0.5) is 0 Å². The van der Waals surface area contributed by atoms with E-state index >= 15 is 0 Å². The van der Waals surface area contributed by atoms with Gasteiger partial charge in [-0.15, -0.1) is 0 Å². The molecular weight excluding hydrogens is 176 g/mol. The van der Waals surface area contributed by atoms with Crippen molar-refractivity contribution in [2.24, 2.45) is 22.6 Å². The van der Waals surface area contributed by atoms with E-state index in [2.05, 4.69) is 18.8 Å². The minimum absolute atomic E-state index is 0.357. The number of hydrogen-bond donors (Lipinski definition) is 1. The van der Waals surface area contributed by atoms with E-state index in [1.54, 1.807) is 0 Å². The van der Waals surface area contributed by atoms with Crippen molar-refractivity contribution < 1.29 is 4.74 Å². The molecule has 3 atom stereocenters. The first-order chi connectivity index (χ1) is 6.70. The summed E-state index contributed by atoms with van der Waals surface area (Å²) in [6.07, 6.45) is 3.82. The first-order valence-electron chi connectivity index (χ1n) is 5.65. The summed E-state index contributed by atoms with van der Waals surface area (Å²) in [5.41, 5.74) is 5.69. The van der Waals surface area contributed by atoms with Crippen LogP contribution in [0.25, 0.3) is 0 Å². The van der Waals surface area contributed by atoms with Crippen LogP contribution in [-0.2, 0) is 4.74 Å². The fraction of sp³-hybridized carbons (Fsp3) is 0.909. The Morgan fingerprint density at radius 3 is 2.93 bits per heavy atom. The number of rotatable bonds is 2. The minimum Gasteiger partial charge on any atom is -0.475 e. The van der Waals surface area contributed by atoms with Gasteiger partial charge in [0, 0.05) is 5.92 Å². The molecule has 2 N–H and O–H groups in total. The molecular formula is C11H20N2O. The molecule has 1 aliphatic carbocycles. The Hall–Kier alpha value is -0.570. The molecule has 3 nitrogen and oxygen atoms in total. The van der Waals surface area contributed by atoms with Crippen LogP contribution in [0, 0.1) is 11.8 Å². The van der Waals surface area contributed by atoms with Gasteiger partial charge < -0.3 is 10.5 Å². The Morgan fingerprint density at radius 2 is 2.29 bits per heavy atom. The molecule has 2 aliphatic rings. The predicted octanol–water partition coefficient (Wildman–Crippen LogP) is 1.57. The van der Waals surface area contributed by atoms with Gasteiger partial charge in [0.15, 0.2) is 5.90 Å². The van der Waals surface area contributed by atoms with Gasteiger partial charge in [0.1, 0.15) is 6.10 Å². The third kappa shape index (κ3) is 1.78. The molecule has 3 heteroatoms. The number of hydrogen-bond acceptors (Lipinski definition) is 3. The Kier molecular flexibility index (Phi) is 2.77. The predicted molar refractivity (Wildman–Crippen MR) is 57.3 cm³/mol. The average Bonchev–Trinajstić information content (AvgIpc) is 2.59. The van der Waals surface area contributed by atoms with Crippen molar-refractivity contribution in [3.63, 3.8) is 0 Å². The fourth-order valence-corrected chi connectivity index (χ4v) is 2.33. The lowest BCUT2D eigenvalue weighted by molar-refractivity contribution is 0.124. The van der Waals surface area contributed by atoms with Crippen LogP contribution < -0.4 is 5.73 Å². The number of ether oxygens (including phenoxy) is 1. The largest absolute Gasteiger partial charge is 0.475 e. The van der Waals surface area contributed by atoms with E-state index in [4.69, 9.17) is 10.5 Å². The van der Waals surface area contributed by atoms with Crippen molar-refractivity contribution in [1.82, 2.24) is 0 Å². The van der Waals surface area contributed by atoms with E-state index in [-0.39, 0.29) is 0 Å². The smallest absolute Gasteiger partial charge is 0.186 e. The third-order valence-electron chi connectivity index (χ3n) is 3.26. The topological polar surface area (TPSA) is 47.6 Å². The van der Waals surface area contributed by atoms with Crippen molar-refractivity contribution in [2.75, 3.05) is 6.54 Å². The summed E-state index contributed by atoms with van der Waals surface area (Å²) in [7, 11) is 0. The normalized spacial score (nSPS) is 36.6. The second-order valence-electron chi connectivity index (χ2n) is 4.76. The molecule has 1 fully saturated rings. The summed E-state index contributed by atoms with van der Waals surface area (Å²) in [6.45, 7) is 5.07. The Bertz CT molecular complexity index is 237. The zero-order chi connectivity index (χ0) is 10.1. The second kappa shape index (κ2) is 3.89. The molecule has 2 rings (SSSR count). The second-order valence-corrected chi connectivity index (χ2v) is 4.76. The molecule has 0 aromatic heterocycles. The third-order valence-corrected chi connectivity index (χ3v) is 3.26. The number of nitrogens with two attached hydrogens (primary N) is 1. The summed E-state index contributed by atoms with van der Waals surface area (Å²) in [5, 5.41) is 0. The quantitative estimate of drug-likeness (QED) is 0.728. The molecule has 14 heavy (non-hydrogen) atoms. The van der Waals surface area contributed by atoms with Gasteiger partial charge in [-0.25, -0.2) is 4.99 Å². The zero-order valence-corrected chi connectivity index (χ0v) is 9.07. The van der Waals surface area contributed by atoms with Crippen molar-refractivity contribution in [3.05, 3.63) is 0 Å². The van der Waals surface area contributed by atoms with Gasteiger partial charge in [-0.2, -0.15) is 0 Å². The highest BCUT2D eigenvalue weighted by Crippen LogP contribution is 2.32. The van der Waals surface area contributed by atoms with Gasteiger partial charge in [-0.1, -0.05) is 13.8 Å². The van der Waals surface area contributed by atoms with E-state index in [9.17, 15) is 0 Å². The van der Waals surface area contributed by atoms with Gasteiger partial charge in [-0.05, 0) is 31.7 Å². The zero-order valence-electron chi connectivity index (χ0n) is 9.07. The van der Waals surface area contributed by atoms with E-state index < -0.39 is 0 Å². The van der Waals surface area contributed by atoms with Gasteiger partial charge in [0.25, 0.3) is 0 Å². The lowest BCUT2D eigenvalue weighted by atomic mass is 9.84. The molecule has 1 saturated carbocycles. The van der Waals surface area contributed by atoms with E-state index in [1.165, 1.54) is 6.42 Å².